The minimum absolute atomic E-state index is 0.207. The van der Waals surface area contributed by atoms with Crippen molar-refractivity contribution in [2.24, 2.45) is 5.10 Å². The summed E-state index contributed by atoms with van der Waals surface area (Å²) in [7, 11) is 2.98. The van der Waals surface area contributed by atoms with Crippen molar-refractivity contribution in [3.8, 4) is 17.2 Å². The number of rotatable bonds is 9. The molecule has 0 aliphatic rings. The zero-order valence-corrected chi connectivity index (χ0v) is 26.0. The quantitative estimate of drug-likeness (QED) is 0.0826. The number of anilines is 1. The maximum absolute atomic E-state index is 12.8. The lowest BCUT2D eigenvalue weighted by Gasteiger charge is -2.11. The smallest absolute Gasteiger partial charge is 0.343 e. The summed E-state index contributed by atoms with van der Waals surface area (Å²) in [5.74, 6) is -0.412. The third kappa shape index (κ3) is 7.75. The molecule has 0 atom stereocenters. The summed E-state index contributed by atoms with van der Waals surface area (Å²) in [6, 6.07) is 20.9. The Bertz CT molecular complexity index is 1680. The Morgan fingerprint density at radius 2 is 1.62 bits per heavy atom. The zero-order chi connectivity index (χ0) is 30.2. The monoisotopic (exact) mass is 713 g/mol. The number of methoxy groups -OCH3 is 2. The van der Waals surface area contributed by atoms with Gasteiger partial charge in [-0.15, -0.1) is 0 Å². The molecule has 0 saturated heterocycles. The van der Waals surface area contributed by atoms with Crippen LogP contribution >= 0.6 is 43.5 Å². The van der Waals surface area contributed by atoms with Crippen LogP contribution in [0, 0.1) is 0 Å². The minimum Gasteiger partial charge on any atom is -0.497 e. The van der Waals surface area contributed by atoms with Crippen molar-refractivity contribution in [2.45, 2.75) is 0 Å². The van der Waals surface area contributed by atoms with Crippen molar-refractivity contribution in [3.63, 3.8) is 0 Å². The lowest BCUT2D eigenvalue weighted by molar-refractivity contribution is 0.0732. The molecule has 0 bridgehead atoms. The number of esters is 1. The van der Waals surface area contributed by atoms with Crippen LogP contribution < -0.4 is 25.0 Å². The number of hydrogen-bond donors (Lipinski definition) is 2. The number of amides is 2. The fraction of sp³-hybridized carbons (Fsp3) is 0.0667. The Balaban J connectivity index is 1.47. The van der Waals surface area contributed by atoms with Gasteiger partial charge >= 0.3 is 5.97 Å². The molecule has 0 radical (unpaired) electrons. The van der Waals surface area contributed by atoms with Crippen LogP contribution in [-0.2, 0) is 0 Å². The normalized spacial score (nSPS) is 10.7. The van der Waals surface area contributed by atoms with Gasteiger partial charge in [0, 0.05) is 26.3 Å². The van der Waals surface area contributed by atoms with Crippen molar-refractivity contribution in [3.05, 3.63) is 115 Å². The van der Waals surface area contributed by atoms with Gasteiger partial charge < -0.3 is 19.5 Å². The SMILES string of the molecule is COc1ccc(C(=O)Oc2c(Br)cc(Br)cc2C=NNC(=O)c2cccc(NC(=O)c3cc(Cl)ccc3OC)c2)cc1. The molecule has 0 fully saturated rings. The Labute approximate surface area is 263 Å². The molecule has 2 amide bonds. The van der Waals surface area contributed by atoms with Crippen molar-refractivity contribution < 1.29 is 28.6 Å². The van der Waals surface area contributed by atoms with Gasteiger partial charge in [-0.2, -0.15) is 5.10 Å². The second kappa shape index (κ2) is 14.1. The predicted molar refractivity (Wildman–Crippen MR) is 167 cm³/mol. The van der Waals surface area contributed by atoms with Gasteiger partial charge in [-0.3, -0.25) is 9.59 Å². The van der Waals surface area contributed by atoms with E-state index in [0.29, 0.717) is 42.3 Å². The van der Waals surface area contributed by atoms with Crippen LogP contribution in [0.5, 0.6) is 17.2 Å². The Hall–Kier alpha value is -4.19. The lowest BCUT2D eigenvalue weighted by Crippen LogP contribution is -2.19. The summed E-state index contributed by atoms with van der Waals surface area (Å²) in [4.78, 5) is 38.4. The Morgan fingerprint density at radius 1 is 0.857 bits per heavy atom. The second-order valence-corrected chi connectivity index (χ2v) is 10.7. The summed E-state index contributed by atoms with van der Waals surface area (Å²) in [6.45, 7) is 0. The van der Waals surface area contributed by atoms with Crippen molar-refractivity contribution in [2.75, 3.05) is 19.5 Å². The molecule has 0 saturated carbocycles. The van der Waals surface area contributed by atoms with Gasteiger partial charge in [-0.05, 0) is 88.7 Å². The molecule has 9 nitrogen and oxygen atoms in total. The summed E-state index contributed by atoms with van der Waals surface area (Å²) in [5, 5.41) is 7.15. The molecular formula is C30H22Br2ClN3O6. The number of nitrogens with zero attached hydrogens (tertiary/aromatic N) is 1. The Kier molecular flexibility index (Phi) is 10.3. The van der Waals surface area contributed by atoms with Crippen LogP contribution in [0.15, 0.2) is 92.9 Å². The molecule has 214 valence electrons. The lowest BCUT2D eigenvalue weighted by atomic mass is 10.1. The molecule has 4 aromatic rings. The van der Waals surface area contributed by atoms with Gasteiger partial charge in [0.15, 0.2) is 5.75 Å². The number of nitrogens with one attached hydrogen (secondary N) is 2. The van der Waals surface area contributed by atoms with Crippen LogP contribution in [0.3, 0.4) is 0 Å². The highest BCUT2D eigenvalue weighted by atomic mass is 79.9. The third-order valence-corrected chi connectivity index (χ3v) is 7.00. The highest BCUT2D eigenvalue weighted by Gasteiger charge is 2.17. The number of ether oxygens (including phenoxy) is 3. The summed E-state index contributed by atoms with van der Waals surface area (Å²) in [5.41, 5.74) is 4.04. The zero-order valence-electron chi connectivity index (χ0n) is 22.1. The van der Waals surface area contributed by atoms with Crippen LogP contribution in [-0.4, -0.2) is 38.2 Å². The van der Waals surface area contributed by atoms with Gasteiger partial charge in [-0.25, -0.2) is 10.2 Å². The molecule has 0 unspecified atom stereocenters. The van der Waals surface area contributed by atoms with Crippen molar-refractivity contribution in [1.82, 2.24) is 5.43 Å². The first-order valence-corrected chi connectivity index (χ1v) is 14.1. The van der Waals surface area contributed by atoms with E-state index in [4.69, 9.17) is 25.8 Å². The molecule has 2 N–H and O–H groups in total. The standard InChI is InChI=1S/C30H22Br2ClN3O6/c1-40-23-9-6-17(7-10-23)30(39)42-27-19(12-20(31)14-25(27)32)16-34-36-28(37)18-4-3-5-22(13-18)35-29(38)24-15-21(33)8-11-26(24)41-2/h3-16H,1-2H3,(H,35,38)(H,36,37). The average Bonchev–Trinajstić information content (AvgIpc) is 2.98. The molecule has 0 aliphatic heterocycles. The van der Waals surface area contributed by atoms with Crippen molar-refractivity contribution >= 4 is 73.1 Å². The molecule has 0 heterocycles. The number of hydrazone groups is 1. The molecule has 0 spiro atoms. The predicted octanol–water partition coefficient (Wildman–Crippen LogP) is 7.12. The molecule has 0 aromatic heterocycles. The minimum atomic E-state index is -0.589. The van der Waals surface area contributed by atoms with E-state index in [0.717, 1.165) is 0 Å². The van der Waals surface area contributed by atoms with Gasteiger partial charge in [0.2, 0.25) is 0 Å². The summed E-state index contributed by atoms with van der Waals surface area (Å²) >= 11 is 12.9. The first-order valence-electron chi connectivity index (χ1n) is 12.1. The van der Waals surface area contributed by atoms with Crippen LogP contribution in [0.25, 0.3) is 0 Å². The average molecular weight is 716 g/mol. The van der Waals surface area contributed by atoms with E-state index in [2.05, 4.69) is 47.7 Å². The van der Waals surface area contributed by atoms with E-state index in [1.165, 1.54) is 32.6 Å². The summed E-state index contributed by atoms with van der Waals surface area (Å²) in [6.07, 6.45) is 1.35. The van der Waals surface area contributed by atoms with E-state index in [1.54, 1.807) is 66.7 Å². The number of halogens is 3. The van der Waals surface area contributed by atoms with E-state index in [1.807, 2.05) is 0 Å². The van der Waals surface area contributed by atoms with Gasteiger partial charge in [0.25, 0.3) is 11.8 Å². The maximum atomic E-state index is 12.8. The van der Waals surface area contributed by atoms with Gasteiger partial charge in [0.05, 0.1) is 36.0 Å². The van der Waals surface area contributed by atoms with E-state index in [-0.39, 0.29) is 16.9 Å². The number of carbonyl (C=O) groups is 3. The van der Waals surface area contributed by atoms with E-state index < -0.39 is 17.8 Å². The number of hydrogen-bond acceptors (Lipinski definition) is 7. The molecule has 0 aliphatic carbocycles. The fourth-order valence-electron chi connectivity index (χ4n) is 3.68. The van der Waals surface area contributed by atoms with Gasteiger partial charge in [-0.1, -0.05) is 33.6 Å². The topological polar surface area (TPSA) is 115 Å². The van der Waals surface area contributed by atoms with E-state index in [9.17, 15) is 14.4 Å². The number of carbonyl (C=O) groups excluding carboxylic acids is 3. The second-order valence-electron chi connectivity index (χ2n) is 8.50. The Morgan fingerprint density at radius 3 is 2.33 bits per heavy atom. The fourth-order valence-corrected chi connectivity index (χ4v) is 5.19. The van der Waals surface area contributed by atoms with Crippen LogP contribution in [0.2, 0.25) is 5.02 Å². The van der Waals surface area contributed by atoms with E-state index >= 15 is 0 Å². The largest absolute Gasteiger partial charge is 0.497 e. The first-order chi connectivity index (χ1) is 20.2. The molecular weight excluding hydrogens is 694 g/mol. The molecule has 42 heavy (non-hydrogen) atoms. The third-order valence-electron chi connectivity index (χ3n) is 5.72. The highest BCUT2D eigenvalue weighted by molar-refractivity contribution is 9.11. The van der Waals surface area contributed by atoms with Crippen LogP contribution in [0.4, 0.5) is 5.69 Å². The molecule has 4 rings (SSSR count). The first kappa shape index (κ1) is 30.8. The van der Waals surface area contributed by atoms with Crippen molar-refractivity contribution in [1.29, 1.82) is 0 Å². The summed E-state index contributed by atoms with van der Waals surface area (Å²) < 4.78 is 17.2. The molecule has 12 heteroatoms. The highest BCUT2D eigenvalue weighted by Crippen LogP contribution is 2.33. The molecule has 4 aromatic carbocycles. The number of benzene rings is 4. The van der Waals surface area contributed by atoms with Crippen LogP contribution in [0.1, 0.15) is 36.6 Å². The van der Waals surface area contributed by atoms with Gasteiger partial charge in [0.1, 0.15) is 11.5 Å². The maximum Gasteiger partial charge on any atom is 0.343 e.